The Morgan fingerprint density at radius 1 is 0.508 bits per heavy atom. The zero-order chi connectivity index (χ0) is 45.2. The number of aliphatic hydroxyl groups excluding tert-OH is 1. The number of benzene rings is 4. The van der Waals surface area contributed by atoms with Crippen LogP contribution in [0.1, 0.15) is 81.5 Å². The van der Waals surface area contributed by atoms with E-state index in [1.165, 1.54) is 20.3 Å². The molecule has 0 saturated carbocycles. The second kappa shape index (κ2) is 26.2. The summed E-state index contributed by atoms with van der Waals surface area (Å²) in [5.41, 5.74) is 4.57. The Kier molecular flexibility index (Phi) is 22.3. The number of rotatable bonds is 14. The second-order valence-electron chi connectivity index (χ2n) is 15.7. The van der Waals surface area contributed by atoms with Crippen LogP contribution in [0.3, 0.4) is 0 Å². The van der Waals surface area contributed by atoms with E-state index in [4.69, 9.17) is 43.4 Å². The normalized spacial score (nSPS) is 15.6. The van der Waals surface area contributed by atoms with E-state index in [1.807, 2.05) is 60.7 Å². The van der Waals surface area contributed by atoms with Crippen LogP contribution >= 0.6 is 0 Å². The van der Waals surface area contributed by atoms with Crippen molar-refractivity contribution in [3.63, 3.8) is 0 Å². The molecule has 0 radical (unpaired) electrons. The Labute approximate surface area is 413 Å². The average Bonchev–Trinajstić information content (AvgIpc) is 3.29. The molecule has 1 N–H and O–H groups in total. The molecule has 0 atom stereocenters. The number of carbonyl (C=O) groups excluding carboxylic acids is 4. The van der Waals surface area contributed by atoms with Gasteiger partial charge in [0.15, 0.2) is 0 Å². The van der Waals surface area contributed by atoms with Crippen molar-refractivity contribution in [3.8, 4) is 22.3 Å². The summed E-state index contributed by atoms with van der Waals surface area (Å²) in [5.74, 6) is -1.89. The van der Waals surface area contributed by atoms with Crippen LogP contribution in [0.25, 0.3) is 22.3 Å². The quantitative estimate of drug-likeness (QED) is 0.110. The molecule has 0 aliphatic carbocycles. The van der Waals surface area contributed by atoms with Gasteiger partial charge in [-0.2, -0.15) is 7.11 Å². The number of esters is 4. The summed E-state index contributed by atoms with van der Waals surface area (Å²) in [4.78, 5) is 49.2. The minimum atomic E-state index is -0.493. The van der Waals surface area contributed by atoms with Crippen LogP contribution in [0.4, 0.5) is 0 Å². The van der Waals surface area contributed by atoms with Crippen molar-refractivity contribution in [3.05, 3.63) is 119 Å². The van der Waals surface area contributed by atoms with Gasteiger partial charge in [0, 0.05) is 5.41 Å². The predicted molar refractivity (Wildman–Crippen MR) is 231 cm³/mol. The first-order valence-corrected chi connectivity index (χ1v) is 20.6. The molecule has 3 fully saturated rings. The fourth-order valence-corrected chi connectivity index (χ4v) is 6.52. The smallest absolute Gasteiger partial charge is 0.857 e. The van der Waals surface area contributed by atoms with E-state index in [0.717, 1.165) is 61.8 Å². The topological polar surface area (TPSA) is 176 Å². The van der Waals surface area contributed by atoms with Crippen molar-refractivity contribution in [2.75, 3.05) is 80.8 Å². The first-order valence-electron chi connectivity index (χ1n) is 20.6. The molecule has 3 saturated heterocycles. The molecule has 3 aliphatic rings. The molecule has 334 valence electrons. The molecule has 0 spiro atoms. The van der Waals surface area contributed by atoms with Gasteiger partial charge in [-0.3, -0.25) is 0 Å². The number of ether oxygens (including phenoxy) is 7. The largest absolute Gasteiger partial charge is 1.00 e. The summed E-state index contributed by atoms with van der Waals surface area (Å²) in [6.45, 7) is 11.0. The van der Waals surface area contributed by atoms with Crippen molar-refractivity contribution >= 4 is 23.9 Å². The van der Waals surface area contributed by atoms with Crippen LogP contribution in [-0.4, -0.2) is 110 Å². The molecule has 63 heavy (non-hydrogen) atoms. The van der Waals surface area contributed by atoms with Gasteiger partial charge < -0.3 is 43.4 Å². The first kappa shape index (κ1) is 53.5. The average molecular weight is 895 g/mol. The monoisotopic (exact) mass is 894 g/mol. The van der Waals surface area contributed by atoms with Crippen LogP contribution in [0.5, 0.6) is 0 Å². The van der Waals surface area contributed by atoms with E-state index >= 15 is 0 Å². The molecule has 7 rings (SSSR count). The summed E-state index contributed by atoms with van der Waals surface area (Å²) in [6.07, 6.45) is 2.79. The van der Waals surface area contributed by atoms with Crippen LogP contribution < -0.4 is 56.5 Å². The van der Waals surface area contributed by atoms with Gasteiger partial charge in [0.05, 0.1) is 93.6 Å². The summed E-state index contributed by atoms with van der Waals surface area (Å²) in [5, 5.41) is 17.0. The Balaban J connectivity index is 0.000000289. The maximum atomic E-state index is 12.9. The number of aliphatic hydroxyl groups is 1. The van der Waals surface area contributed by atoms with E-state index in [9.17, 15) is 19.2 Å². The zero-order valence-corrected chi connectivity index (χ0v) is 40.7. The fraction of sp³-hybridized carbons (Fsp3) is 0.429. The van der Waals surface area contributed by atoms with Gasteiger partial charge >= 0.3 is 75.3 Å². The van der Waals surface area contributed by atoms with Crippen molar-refractivity contribution in [2.45, 2.75) is 40.0 Å². The molecule has 13 nitrogen and oxygen atoms in total. The Morgan fingerprint density at radius 3 is 1.03 bits per heavy atom. The molecule has 4 aromatic carbocycles. The van der Waals surface area contributed by atoms with Crippen molar-refractivity contribution in [1.82, 2.24) is 0 Å². The Hall–Kier alpha value is -3.80. The molecule has 0 unspecified atom stereocenters. The third kappa shape index (κ3) is 14.6. The standard InChI is InChI=1S/C26H30O6.C16H14O4.C6H12O2.CH3O.K/c1-3-25(13-29-14-25)17-31-23(27)21-10-20(19-8-6-5-7-9-19)11-22(12-21)24(28)32-18-26(4-2)15-30-16-26;1-19-15(17)13-8-12(11-6-4-3-5-7-11)9-14(10-13)16(18)20-2;1-2-6(3-7)4-8-5-6;1-2;/h5-12H,3-4,13-18H2,1-2H3;3-10H,1-2H3;7H,2-5H2,1H3;1H3;/q;;;-1;+1. The minimum Gasteiger partial charge on any atom is -0.857 e. The van der Waals surface area contributed by atoms with E-state index in [-0.39, 0.29) is 74.2 Å². The fourth-order valence-electron chi connectivity index (χ4n) is 6.52. The van der Waals surface area contributed by atoms with Gasteiger partial charge in [0.2, 0.25) is 0 Å². The van der Waals surface area contributed by atoms with Gasteiger partial charge in [-0.1, -0.05) is 81.4 Å². The summed E-state index contributed by atoms with van der Waals surface area (Å²) in [6, 6.07) is 29.0. The zero-order valence-electron chi connectivity index (χ0n) is 37.6. The SMILES string of the molecule is CCC1(CO)COC1.CCC1(COC(=O)c2cc(C(=O)OCC3(CC)COC3)cc(-c3ccccc3)c2)COC1.COC(=O)c1cc(C(=O)OC)cc(-c2ccccc2)c1.C[O-].[K+]. The first-order chi connectivity index (χ1) is 30.0. The Morgan fingerprint density at radius 2 is 0.810 bits per heavy atom. The van der Waals surface area contributed by atoms with E-state index in [1.54, 1.807) is 30.3 Å². The Bertz CT molecular complexity index is 1950. The summed E-state index contributed by atoms with van der Waals surface area (Å²) < 4.78 is 36.2. The van der Waals surface area contributed by atoms with Crippen LogP contribution in [0.2, 0.25) is 0 Å². The van der Waals surface area contributed by atoms with Crippen molar-refractivity contribution in [1.29, 1.82) is 0 Å². The minimum absolute atomic E-state index is 0. The maximum Gasteiger partial charge on any atom is 1.00 e. The number of hydrogen-bond acceptors (Lipinski definition) is 13. The molecule has 14 heteroatoms. The molecular formula is C49H59KO13. The molecule has 4 aromatic rings. The van der Waals surface area contributed by atoms with Crippen LogP contribution in [0, 0.1) is 16.2 Å². The molecule has 3 heterocycles. The van der Waals surface area contributed by atoms with Gasteiger partial charge in [-0.05, 0) is 77.9 Å². The van der Waals surface area contributed by atoms with Gasteiger partial charge in [-0.25, -0.2) is 19.2 Å². The third-order valence-corrected chi connectivity index (χ3v) is 11.4. The van der Waals surface area contributed by atoms with Gasteiger partial charge in [-0.15, -0.1) is 0 Å². The molecular weight excluding hydrogens is 836 g/mol. The molecule has 3 aliphatic heterocycles. The number of hydrogen-bond donors (Lipinski definition) is 1. The second-order valence-corrected chi connectivity index (χ2v) is 15.7. The summed E-state index contributed by atoms with van der Waals surface area (Å²) in [7, 11) is 3.35. The molecule has 0 bridgehead atoms. The van der Waals surface area contributed by atoms with E-state index < -0.39 is 23.9 Å². The molecule has 0 aromatic heterocycles. The summed E-state index contributed by atoms with van der Waals surface area (Å²) >= 11 is 0. The maximum absolute atomic E-state index is 12.9. The van der Waals surface area contributed by atoms with Crippen LogP contribution in [0.15, 0.2) is 97.1 Å². The number of carbonyl (C=O) groups is 4. The van der Waals surface area contributed by atoms with Crippen LogP contribution in [-0.2, 0) is 33.2 Å². The van der Waals surface area contributed by atoms with E-state index in [0.29, 0.717) is 61.9 Å². The van der Waals surface area contributed by atoms with Gasteiger partial charge in [0.25, 0.3) is 0 Å². The van der Waals surface area contributed by atoms with E-state index in [2.05, 4.69) is 20.8 Å². The van der Waals surface area contributed by atoms with Gasteiger partial charge in [0.1, 0.15) is 13.2 Å². The third-order valence-electron chi connectivity index (χ3n) is 11.4. The predicted octanol–water partition coefficient (Wildman–Crippen LogP) is 3.83. The molecule has 0 amide bonds. The number of methoxy groups -OCH3 is 2. The van der Waals surface area contributed by atoms with Crippen molar-refractivity contribution < 1.29 is 114 Å². The van der Waals surface area contributed by atoms with Crippen molar-refractivity contribution in [2.24, 2.45) is 16.2 Å².